The van der Waals surface area contributed by atoms with Gasteiger partial charge in [-0.05, 0) is 43.0 Å². The molecule has 0 radical (unpaired) electrons. The lowest BCUT2D eigenvalue weighted by atomic mass is 9.97. The third-order valence-corrected chi connectivity index (χ3v) is 4.87. The van der Waals surface area contributed by atoms with E-state index in [1.807, 2.05) is 24.5 Å². The van der Waals surface area contributed by atoms with Gasteiger partial charge in [0.1, 0.15) is 5.82 Å². The predicted molar refractivity (Wildman–Crippen MR) is 91.4 cm³/mol. The van der Waals surface area contributed by atoms with Crippen LogP contribution in [0.2, 0.25) is 0 Å². The first-order chi connectivity index (χ1) is 11.4. The lowest BCUT2D eigenvalue weighted by Gasteiger charge is -2.27. The predicted octanol–water partition coefficient (Wildman–Crippen LogP) is 3.69. The topological polar surface area (TPSA) is 47.0 Å². The summed E-state index contributed by atoms with van der Waals surface area (Å²) in [6, 6.07) is 8.97. The largest absolute Gasteiger partial charge is 0.381 e. The fourth-order valence-corrected chi connectivity index (χ4v) is 3.44. The van der Waals surface area contributed by atoms with Crippen molar-refractivity contribution in [1.29, 1.82) is 0 Å². The van der Waals surface area contributed by atoms with Gasteiger partial charge in [0.15, 0.2) is 0 Å². The van der Waals surface area contributed by atoms with Crippen LogP contribution in [0.1, 0.15) is 31.2 Å². The fourth-order valence-electron chi connectivity index (χ4n) is 3.44. The lowest BCUT2D eigenvalue weighted by Crippen LogP contribution is -2.30. The van der Waals surface area contributed by atoms with E-state index in [4.69, 9.17) is 9.72 Å². The zero-order valence-corrected chi connectivity index (χ0v) is 13.4. The van der Waals surface area contributed by atoms with E-state index in [1.165, 1.54) is 31.2 Å². The number of ether oxygens (including phenoxy) is 1. The number of nitrogens with one attached hydrogen (secondary N) is 1. The molecular weight excluding hydrogens is 286 g/mol. The highest BCUT2D eigenvalue weighted by atomic mass is 16.5. The number of rotatable bonds is 5. The minimum absolute atomic E-state index is 0.576. The molecule has 2 fully saturated rings. The highest BCUT2D eigenvalue weighted by molar-refractivity contribution is 5.62. The first-order valence-electron chi connectivity index (χ1n) is 8.63. The summed E-state index contributed by atoms with van der Waals surface area (Å²) in [5.41, 5.74) is 3.46. The summed E-state index contributed by atoms with van der Waals surface area (Å²) in [5, 5.41) is 3.71. The van der Waals surface area contributed by atoms with Crippen molar-refractivity contribution in [2.24, 2.45) is 5.92 Å². The molecule has 0 unspecified atom stereocenters. The average molecular weight is 309 g/mol. The van der Waals surface area contributed by atoms with Gasteiger partial charge >= 0.3 is 0 Å². The van der Waals surface area contributed by atoms with Crippen LogP contribution in [0.4, 0.5) is 5.82 Å². The van der Waals surface area contributed by atoms with Gasteiger partial charge in [-0.3, -0.25) is 4.98 Å². The molecule has 1 saturated carbocycles. The maximum atomic E-state index is 5.33. The summed E-state index contributed by atoms with van der Waals surface area (Å²) in [5.74, 6) is 1.71. The van der Waals surface area contributed by atoms with Crippen molar-refractivity contribution in [3.05, 3.63) is 42.2 Å². The smallest absolute Gasteiger partial charge is 0.130 e. The van der Waals surface area contributed by atoms with Gasteiger partial charge in [0.2, 0.25) is 0 Å². The first-order valence-corrected chi connectivity index (χ1v) is 8.63. The lowest BCUT2D eigenvalue weighted by molar-refractivity contribution is -0.0311. The highest BCUT2D eigenvalue weighted by Gasteiger charge is 2.22. The van der Waals surface area contributed by atoms with E-state index in [-0.39, 0.29) is 0 Å². The third kappa shape index (κ3) is 3.37. The van der Waals surface area contributed by atoms with E-state index >= 15 is 0 Å². The molecule has 4 nitrogen and oxygen atoms in total. The monoisotopic (exact) mass is 309 g/mol. The van der Waals surface area contributed by atoms with Crippen LogP contribution in [0.15, 0.2) is 36.7 Å². The standard InChI is InChI=1S/C19H23N3O/c1-2-4-17(3-1)21-19-16(11-14-12-23-13-14)5-6-18(22-19)15-7-9-20-10-8-15/h5-10,14,17H,1-4,11-13H2,(H,21,22). The van der Waals surface area contributed by atoms with E-state index < -0.39 is 0 Å². The summed E-state index contributed by atoms with van der Waals surface area (Å²) in [4.78, 5) is 9.03. The van der Waals surface area contributed by atoms with Gasteiger partial charge in [-0.15, -0.1) is 0 Å². The molecule has 0 spiro atoms. The van der Waals surface area contributed by atoms with Crippen LogP contribution in [0.3, 0.4) is 0 Å². The van der Waals surface area contributed by atoms with E-state index in [0.29, 0.717) is 12.0 Å². The Labute approximate surface area is 137 Å². The van der Waals surface area contributed by atoms with Gasteiger partial charge in [0, 0.05) is 29.9 Å². The summed E-state index contributed by atoms with van der Waals surface area (Å²) in [7, 11) is 0. The molecule has 0 aromatic carbocycles. The highest BCUT2D eigenvalue weighted by Crippen LogP contribution is 2.28. The summed E-state index contributed by atoms with van der Waals surface area (Å²) >= 11 is 0. The zero-order chi connectivity index (χ0) is 15.5. The number of hydrogen-bond acceptors (Lipinski definition) is 4. The average Bonchev–Trinajstić information content (AvgIpc) is 3.06. The second-order valence-electron chi connectivity index (χ2n) is 6.67. The van der Waals surface area contributed by atoms with Gasteiger partial charge in [0.25, 0.3) is 0 Å². The molecule has 2 aromatic rings. The molecule has 2 aromatic heterocycles. The van der Waals surface area contributed by atoms with Crippen LogP contribution >= 0.6 is 0 Å². The van der Waals surface area contributed by atoms with Gasteiger partial charge in [0.05, 0.1) is 18.9 Å². The van der Waals surface area contributed by atoms with Crippen LogP contribution in [-0.2, 0) is 11.2 Å². The van der Waals surface area contributed by atoms with Crippen molar-refractivity contribution in [2.45, 2.75) is 38.1 Å². The van der Waals surface area contributed by atoms with Crippen LogP contribution < -0.4 is 5.32 Å². The Kier molecular flexibility index (Phi) is 4.24. The molecule has 0 amide bonds. The summed E-state index contributed by atoms with van der Waals surface area (Å²) in [6.45, 7) is 1.77. The third-order valence-electron chi connectivity index (χ3n) is 4.87. The summed E-state index contributed by atoms with van der Waals surface area (Å²) in [6.07, 6.45) is 9.86. The Bertz CT molecular complexity index is 649. The van der Waals surface area contributed by atoms with Gasteiger partial charge < -0.3 is 10.1 Å². The molecule has 1 aliphatic heterocycles. The van der Waals surface area contributed by atoms with Gasteiger partial charge in [-0.2, -0.15) is 0 Å². The van der Waals surface area contributed by atoms with E-state index in [1.54, 1.807) is 0 Å². The molecule has 1 N–H and O–H groups in total. The Morgan fingerprint density at radius 2 is 1.83 bits per heavy atom. The minimum Gasteiger partial charge on any atom is -0.381 e. The fraction of sp³-hybridized carbons (Fsp3) is 0.474. The van der Waals surface area contributed by atoms with Crippen molar-refractivity contribution < 1.29 is 4.74 Å². The maximum absolute atomic E-state index is 5.33. The Hall–Kier alpha value is -1.94. The number of nitrogens with zero attached hydrogens (tertiary/aromatic N) is 2. The Balaban J connectivity index is 1.62. The van der Waals surface area contributed by atoms with Crippen LogP contribution in [0.25, 0.3) is 11.3 Å². The van der Waals surface area contributed by atoms with Crippen molar-refractivity contribution in [1.82, 2.24) is 9.97 Å². The van der Waals surface area contributed by atoms with E-state index in [2.05, 4.69) is 22.4 Å². The minimum atomic E-state index is 0.576. The van der Waals surface area contributed by atoms with Crippen LogP contribution in [0.5, 0.6) is 0 Å². The molecular formula is C19H23N3O. The Morgan fingerprint density at radius 1 is 1.04 bits per heavy atom. The normalized spacial score (nSPS) is 18.8. The molecule has 3 heterocycles. The van der Waals surface area contributed by atoms with Crippen LogP contribution in [0, 0.1) is 5.92 Å². The first kappa shape index (κ1) is 14.6. The van der Waals surface area contributed by atoms with Gasteiger partial charge in [-0.25, -0.2) is 4.98 Å². The molecule has 4 rings (SSSR count). The molecule has 120 valence electrons. The van der Waals surface area contributed by atoms with Crippen molar-refractivity contribution >= 4 is 5.82 Å². The number of pyridine rings is 2. The quantitative estimate of drug-likeness (QED) is 0.915. The number of aromatic nitrogens is 2. The summed E-state index contributed by atoms with van der Waals surface area (Å²) < 4.78 is 5.33. The molecule has 23 heavy (non-hydrogen) atoms. The molecule has 0 bridgehead atoms. The number of anilines is 1. The SMILES string of the molecule is c1cc(-c2ccc(CC3COC3)c(NC3CCCC3)n2)ccn1. The van der Waals surface area contributed by atoms with Gasteiger partial charge in [-0.1, -0.05) is 18.9 Å². The van der Waals surface area contributed by atoms with Crippen molar-refractivity contribution in [2.75, 3.05) is 18.5 Å². The van der Waals surface area contributed by atoms with Crippen molar-refractivity contribution in [3.63, 3.8) is 0 Å². The molecule has 4 heteroatoms. The van der Waals surface area contributed by atoms with E-state index in [0.717, 1.165) is 36.7 Å². The van der Waals surface area contributed by atoms with Crippen molar-refractivity contribution in [3.8, 4) is 11.3 Å². The molecule has 1 saturated heterocycles. The Morgan fingerprint density at radius 3 is 2.52 bits per heavy atom. The second-order valence-corrected chi connectivity index (χ2v) is 6.67. The molecule has 2 aliphatic rings. The maximum Gasteiger partial charge on any atom is 0.130 e. The number of hydrogen-bond donors (Lipinski definition) is 1. The second kappa shape index (κ2) is 6.67. The van der Waals surface area contributed by atoms with E-state index in [9.17, 15) is 0 Å². The zero-order valence-electron chi connectivity index (χ0n) is 13.4. The molecule has 0 atom stereocenters. The molecule has 1 aliphatic carbocycles. The van der Waals surface area contributed by atoms with Crippen LogP contribution in [-0.4, -0.2) is 29.2 Å².